The lowest BCUT2D eigenvalue weighted by atomic mass is 10.1. The molecule has 6 nitrogen and oxygen atoms in total. The summed E-state index contributed by atoms with van der Waals surface area (Å²) in [5.74, 6) is 1.49. The van der Waals surface area contributed by atoms with Crippen LogP contribution in [0.2, 0.25) is 5.02 Å². The van der Waals surface area contributed by atoms with Crippen LogP contribution in [0.4, 0.5) is 0 Å². The Kier molecular flexibility index (Phi) is 4.61. The minimum absolute atomic E-state index is 0.257. The number of ether oxygens (including phenoxy) is 2. The second-order valence-corrected chi connectivity index (χ2v) is 7.04. The van der Waals surface area contributed by atoms with Crippen molar-refractivity contribution in [2.45, 2.75) is 24.4 Å². The first-order valence-electron chi connectivity index (χ1n) is 7.71. The van der Waals surface area contributed by atoms with Gasteiger partial charge < -0.3 is 9.47 Å². The van der Waals surface area contributed by atoms with Gasteiger partial charge in [0.25, 0.3) is 0 Å². The summed E-state index contributed by atoms with van der Waals surface area (Å²) in [6, 6.07) is 11.9. The SMILES string of the molecule is Cc1ccc(-n2nnnc2SCc2cc(Cl)cc3c2OCOC3)cc1. The maximum Gasteiger partial charge on any atom is 0.214 e. The van der Waals surface area contributed by atoms with E-state index in [9.17, 15) is 0 Å². The second-order valence-electron chi connectivity index (χ2n) is 5.66. The highest BCUT2D eigenvalue weighted by molar-refractivity contribution is 7.98. The van der Waals surface area contributed by atoms with E-state index in [0.29, 0.717) is 22.5 Å². The highest BCUT2D eigenvalue weighted by Gasteiger charge is 2.18. The summed E-state index contributed by atoms with van der Waals surface area (Å²) in [5.41, 5.74) is 4.09. The van der Waals surface area contributed by atoms with Crippen molar-refractivity contribution in [1.82, 2.24) is 20.2 Å². The van der Waals surface area contributed by atoms with Crippen LogP contribution in [-0.4, -0.2) is 27.0 Å². The lowest BCUT2D eigenvalue weighted by molar-refractivity contribution is -0.0168. The summed E-state index contributed by atoms with van der Waals surface area (Å²) < 4.78 is 12.7. The minimum atomic E-state index is 0.257. The summed E-state index contributed by atoms with van der Waals surface area (Å²) in [6.07, 6.45) is 0. The molecule has 128 valence electrons. The van der Waals surface area contributed by atoms with Gasteiger partial charge in [0.2, 0.25) is 5.16 Å². The molecule has 0 unspecified atom stereocenters. The zero-order chi connectivity index (χ0) is 17.2. The van der Waals surface area contributed by atoms with E-state index in [1.165, 1.54) is 17.3 Å². The van der Waals surface area contributed by atoms with E-state index in [0.717, 1.165) is 22.6 Å². The topological polar surface area (TPSA) is 62.1 Å². The van der Waals surface area contributed by atoms with Gasteiger partial charge in [0, 0.05) is 21.9 Å². The van der Waals surface area contributed by atoms with E-state index < -0.39 is 0 Å². The highest BCUT2D eigenvalue weighted by atomic mass is 35.5. The summed E-state index contributed by atoms with van der Waals surface area (Å²) in [4.78, 5) is 0. The Balaban J connectivity index is 1.58. The molecule has 0 atom stereocenters. The molecule has 0 N–H and O–H groups in total. The number of rotatable bonds is 4. The monoisotopic (exact) mass is 374 g/mol. The molecule has 0 bridgehead atoms. The molecular formula is C17H15ClN4O2S. The lowest BCUT2D eigenvalue weighted by Crippen LogP contribution is -2.13. The van der Waals surface area contributed by atoms with E-state index >= 15 is 0 Å². The van der Waals surface area contributed by atoms with Crippen LogP contribution in [0.15, 0.2) is 41.6 Å². The van der Waals surface area contributed by atoms with Crippen molar-refractivity contribution in [3.8, 4) is 11.4 Å². The number of aryl methyl sites for hydroxylation is 1. The minimum Gasteiger partial charge on any atom is -0.467 e. The van der Waals surface area contributed by atoms with Crippen molar-refractivity contribution in [2.24, 2.45) is 0 Å². The molecular weight excluding hydrogens is 360 g/mol. The van der Waals surface area contributed by atoms with Gasteiger partial charge in [-0.3, -0.25) is 0 Å². The van der Waals surface area contributed by atoms with E-state index in [1.807, 2.05) is 43.3 Å². The number of hydrogen-bond donors (Lipinski definition) is 0. The molecule has 0 radical (unpaired) electrons. The fourth-order valence-corrected chi connectivity index (χ4v) is 3.74. The molecule has 3 aromatic rings. The van der Waals surface area contributed by atoms with Gasteiger partial charge in [-0.05, 0) is 41.6 Å². The van der Waals surface area contributed by atoms with Gasteiger partial charge in [0.15, 0.2) is 6.79 Å². The van der Waals surface area contributed by atoms with Crippen molar-refractivity contribution in [3.05, 3.63) is 58.1 Å². The predicted octanol–water partition coefficient (Wildman–Crippen LogP) is 3.78. The largest absolute Gasteiger partial charge is 0.467 e. The quantitative estimate of drug-likeness (QED) is 0.647. The standard InChI is InChI=1S/C17H15ClN4O2S/c1-11-2-4-15(5-3-11)22-17(19-20-21-22)25-9-13-7-14(18)6-12-8-23-10-24-16(12)13/h2-7H,8-10H2,1H3. The Morgan fingerprint density at radius 3 is 2.92 bits per heavy atom. The third kappa shape index (κ3) is 3.49. The normalized spacial score (nSPS) is 13.4. The molecule has 8 heteroatoms. The van der Waals surface area contributed by atoms with Crippen LogP contribution in [0.25, 0.3) is 5.69 Å². The van der Waals surface area contributed by atoms with Crippen LogP contribution in [0, 0.1) is 6.92 Å². The summed E-state index contributed by atoms with van der Waals surface area (Å²) >= 11 is 7.75. The van der Waals surface area contributed by atoms with Gasteiger partial charge in [0.1, 0.15) is 5.75 Å². The second kappa shape index (κ2) is 7.03. The molecule has 1 aliphatic rings. The molecule has 4 rings (SSSR count). The fraction of sp³-hybridized carbons (Fsp3) is 0.235. The van der Waals surface area contributed by atoms with Crippen LogP contribution in [0.1, 0.15) is 16.7 Å². The Labute approximate surface area is 154 Å². The Bertz CT molecular complexity index is 898. The number of benzene rings is 2. The molecule has 0 amide bonds. The van der Waals surface area contributed by atoms with Gasteiger partial charge in [-0.2, -0.15) is 4.68 Å². The number of halogens is 1. The number of nitrogens with zero attached hydrogens (tertiary/aromatic N) is 4. The van der Waals surface area contributed by atoms with Crippen molar-refractivity contribution >= 4 is 23.4 Å². The van der Waals surface area contributed by atoms with Gasteiger partial charge in [0.05, 0.1) is 12.3 Å². The Morgan fingerprint density at radius 1 is 1.24 bits per heavy atom. The summed E-state index contributed by atoms with van der Waals surface area (Å²) in [5, 5.41) is 13.4. The number of tetrazole rings is 1. The summed E-state index contributed by atoms with van der Waals surface area (Å²) in [6.45, 7) is 2.81. The maximum atomic E-state index is 6.22. The highest BCUT2D eigenvalue weighted by Crippen LogP contribution is 2.35. The van der Waals surface area contributed by atoms with E-state index in [2.05, 4.69) is 15.5 Å². The molecule has 0 saturated heterocycles. The first-order valence-corrected chi connectivity index (χ1v) is 9.07. The zero-order valence-corrected chi connectivity index (χ0v) is 15.0. The van der Waals surface area contributed by atoms with Gasteiger partial charge in [-0.15, -0.1) is 5.10 Å². The third-order valence-electron chi connectivity index (χ3n) is 3.83. The van der Waals surface area contributed by atoms with Gasteiger partial charge >= 0.3 is 0 Å². The van der Waals surface area contributed by atoms with Gasteiger partial charge in [-0.25, -0.2) is 0 Å². The summed E-state index contributed by atoms with van der Waals surface area (Å²) in [7, 11) is 0. The smallest absolute Gasteiger partial charge is 0.214 e. The van der Waals surface area contributed by atoms with Crippen molar-refractivity contribution in [3.63, 3.8) is 0 Å². The first-order chi connectivity index (χ1) is 12.2. The van der Waals surface area contributed by atoms with Crippen LogP contribution < -0.4 is 4.74 Å². The molecule has 0 saturated carbocycles. The molecule has 0 spiro atoms. The number of hydrogen-bond acceptors (Lipinski definition) is 6. The molecule has 0 fully saturated rings. The molecule has 0 aliphatic carbocycles. The average Bonchev–Trinajstić information content (AvgIpc) is 3.08. The van der Waals surface area contributed by atoms with E-state index in [1.54, 1.807) is 4.68 Å². The van der Waals surface area contributed by atoms with Crippen molar-refractivity contribution < 1.29 is 9.47 Å². The maximum absolute atomic E-state index is 6.22. The molecule has 1 aliphatic heterocycles. The van der Waals surface area contributed by atoms with E-state index in [4.69, 9.17) is 21.1 Å². The van der Waals surface area contributed by atoms with Crippen LogP contribution >= 0.6 is 23.4 Å². The Morgan fingerprint density at radius 2 is 2.08 bits per heavy atom. The van der Waals surface area contributed by atoms with Crippen molar-refractivity contribution in [2.75, 3.05) is 6.79 Å². The van der Waals surface area contributed by atoms with E-state index in [-0.39, 0.29) is 6.79 Å². The van der Waals surface area contributed by atoms with Crippen LogP contribution in [0.5, 0.6) is 5.75 Å². The predicted molar refractivity (Wildman–Crippen MR) is 95.2 cm³/mol. The molecule has 1 aromatic heterocycles. The number of thioether (sulfide) groups is 1. The number of fused-ring (bicyclic) bond motifs is 1. The third-order valence-corrected chi connectivity index (χ3v) is 5.01. The van der Waals surface area contributed by atoms with Crippen LogP contribution in [0.3, 0.4) is 0 Å². The lowest BCUT2D eigenvalue weighted by Gasteiger charge is -2.20. The number of aromatic nitrogens is 4. The zero-order valence-electron chi connectivity index (χ0n) is 13.5. The fourth-order valence-electron chi connectivity index (χ4n) is 2.62. The Hall–Kier alpha value is -2.09. The van der Waals surface area contributed by atoms with Gasteiger partial charge in [-0.1, -0.05) is 41.1 Å². The molecule has 2 aromatic carbocycles. The van der Waals surface area contributed by atoms with Crippen LogP contribution in [-0.2, 0) is 17.1 Å². The first kappa shape index (κ1) is 16.4. The van der Waals surface area contributed by atoms with Crippen molar-refractivity contribution in [1.29, 1.82) is 0 Å². The molecule has 25 heavy (non-hydrogen) atoms. The molecule has 2 heterocycles. The average molecular weight is 375 g/mol.